The van der Waals surface area contributed by atoms with Crippen LogP contribution in [0.5, 0.6) is 0 Å². The Morgan fingerprint density at radius 2 is 2.09 bits per heavy atom. The Bertz CT molecular complexity index is 936. The highest BCUT2D eigenvalue weighted by Gasteiger charge is 2.40. The minimum Gasteiger partial charge on any atom is -0.357 e. The van der Waals surface area contributed by atoms with E-state index in [1.165, 1.54) is 17.7 Å². The molecule has 0 amide bonds. The number of hydrogen-bond donors (Lipinski definition) is 1. The number of nitrogens with zero attached hydrogens (tertiary/aromatic N) is 4. The lowest BCUT2D eigenvalue weighted by atomic mass is 9.64. The Balaban J connectivity index is 0.00000289. The molecule has 1 saturated heterocycles. The molecule has 32 heavy (non-hydrogen) atoms. The monoisotopic (exact) mass is 561 g/mol. The molecule has 2 fully saturated rings. The van der Waals surface area contributed by atoms with Crippen molar-refractivity contribution in [2.24, 2.45) is 12.0 Å². The van der Waals surface area contributed by atoms with Crippen molar-refractivity contribution in [2.75, 3.05) is 26.2 Å². The predicted molar refractivity (Wildman–Crippen MR) is 131 cm³/mol. The fraction of sp³-hybridized carbons (Fsp3) is 0.565. The molecular formula is C23H31F3IN5. The summed E-state index contributed by atoms with van der Waals surface area (Å²) in [6.07, 6.45) is 3.47. The van der Waals surface area contributed by atoms with Crippen molar-refractivity contribution in [3.05, 3.63) is 53.3 Å². The molecule has 2 heterocycles. The lowest BCUT2D eigenvalue weighted by molar-refractivity contribution is -0.137. The van der Waals surface area contributed by atoms with Crippen LogP contribution in [-0.4, -0.2) is 46.8 Å². The number of guanidine groups is 1. The van der Waals surface area contributed by atoms with Crippen LogP contribution >= 0.6 is 24.0 Å². The number of rotatable bonds is 5. The van der Waals surface area contributed by atoms with E-state index in [4.69, 9.17) is 4.99 Å². The van der Waals surface area contributed by atoms with Gasteiger partial charge in [-0.05, 0) is 43.4 Å². The molecule has 5 nitrogen and oxygen atoms in total. The van der Waals surface area contributed by atoms with Crippen molar-refractivity contribution < 1.29 is 13.2 Å². The Labute approximate surface area is 204 Å². The van der Waals surface area contributed by atoms with Crippen LogP contribution in [0.25, 0.3) is 0 Å². The highest BCUT2D eigenvalue weighted by Crippen LogP contribution is 2.45. The Morgan fingerprint density at radius 3 is 2.69 bits per heavy atom. The molecule has 0 radical (unpaired) electrons. The molecule has 0 bridgehead atoms. The van der Waals surface area contributed by atoms with Crippen molar-refractivity contribution in [1.82, 2.24) is 20.0 Å². The van der Waals surface area contributed by atoms with Gasteiger partial charge in [-0.15, -0.1) is 24.0 Å². The van der Waals surface area contributed by atoms with E-state index < -0.39 is 11.7 Å². The topological polar surface area (TPSA) is 45.5 Å². The van der Waals surface area contributed by atoms with Crippen LogP contribution in [-0.2, 0) is 18.6 Å². The minimum absolute atomic E-state index is 0. The van der Waals surface area contributed by atoms with Gasteiger partial charge in [-0.3, -0.25) is 9.67 Å². The quantitative estimate of drug-likeness (QED) is 0.320. The van der Waals surface area contributed by atoms with Gasteiger partial charge in [0.15, 0.2) is 5.96 Å². The van der Waals surface area contributed by atoms with E-state index in [1.54, 1.807) is 0 Å². The molecule has 1 aliphatic carbocycles. The van der Waals surface area contributed by atoms with E-state index in [2.05, 4.69) is 21.5 Å². The van der Waals surface area contributed by atoms with Crippen LogP contribution in [0.4, 0.5) is 13.2 Å². The molecule has 2 aromatic rings. The predicted octanol–water partition coefficient (Wildman–Crippen LogP) is 4.93. The molecule has 1 aromatic carbocycles. The van der Waals surface area contributed by atoms with Crippen LogP contribution in [0.1, 0.15) is 55.2 Å². The number of nitrogens with one attached hydrogen (secondary N) is 1. The van der Waals surface area contributed by atoms with Gasteiger partial charge in [0, 0.05) is 44.2 Å². The Kier molecular flexibility index (Phi) is 7.77. The number of aromatic nitrogens is 2. The number of aryl methyl sites for hydroxylation is 1. The zero-order chi connectivity index (χ0) is 22.1. The van der Waals surface area contributed by atoms with E-state index in [1.807, 2.05) is 30.9 Å². The summed E-state index contributed by atoms with van der Waals surface area (Å²) in [4.78, 5) is 7.18. The molecule has 1 aromatic heterocycles. The first kappa shape index (κ1) is 24.9. The summed E-state index contributed by atoms with van der Waals surface area (Å²) in [7, 11) is 1.92. The van der Waals surface area contributed by atoms with Gasteiger partial charge in [-0.1, -0.05) is 24.6 Å². The van der Waals surface area contributed by atoms with Gasteiger partial charge < -0.3 is 10.2 Å². The van der Waals surface area contributed by atoms with Gasteiger partial charge in [0.2, 0.25) is 0 Å². The van der Waals surface area contributed by atoms with E-state index in [-0.39, 0.29) is 29.4 Å². The maximum absolute atomic E-state index is 13.2. The molecule has 4 rings (SSSR count). The second-order valence-electron chi connectivity index (χ2n) is 8.76. The first-order valence-electron chi connectivity index (χ1n) is 11.0. The largest absolute Gasteiger partial charge is 0.416 e. The van der Waals surface area contributed by atoms with Crippen LogP contribution in [0, 0.1) is 0 Å². The smallest absolute Gasteiger partial charge is 0.357 e. The summed E-state index contributed by atoms with van der Waals surface area (Å²) in [5.41, 5.74) is 1.11. The second-order valence-corrected chi connectivity index (χ2v) is 8.76. The summed E-state index contributed by atoms with van der Waals surface area (Å²) in [6, 6.07) is 5.80. The van der Waals surface area contributed by atoms with E-state index in [9.17, 15) is 13.2 Å². The number of aliphatic imine (C=N–C) groups is 1. The molecule has 1 aliphatic heterocycles. The normalized spacial score (nSPS) is 20.6. The van der Waals surface area contributed by atoms with Crippen molar-refractivity contribution in [1.29, 1.82) is 0 Å². The maximum atomic E-state index is 13.2. The van der Waals surface area contributed by atoms with Gasteiger partial charge >= 0.3 is 6.18 Å². The van der Waals surface area contributed by atoms with Gasteiger partial charge in [-0.25, -0.2) is 0 Å². The van der Waals surface area contributed by atoms with Crippen molar-refractivity contribution in [2.45, 2.75) is 50.1 Å². The molecule has 2 aliphatic rings. The Morgan fingerprint density at radius 1 is 1.31 bits per heavy atom. The molecule has 1 N–H and O–H groups in total. The molecule has 176 valence electrons. The first-order valence-corrected chi connectivity index (χ1v) is 11.0. The molecule has 1 unspecified atom stereocenters. The summed E-state index contributed by atoms with van der Waals surface area (Å²) >= 11 is 0. The average molecular weight is 561 g/mol. The van der Waals surface area contributed by atoms with E-state index >= 15 is 0 Å². The van der Waals surface area contributed by atoms with E-state index in [0.29, 0.717) is 12.5 Å². The minimum atomic E-state index is -4.32. The average Bonchev–Trinajstić information content (AvgIpc) is 3.35. The third-order valence-corrected chi connectivity index (χ3v) is 6.66. The lowest BCUT2D eigenvalue weighted by Crippen LogP contribution is -2.43. The third kappa shape index (κ3) is 5.23. The zero-order valence-electron chi connectivity index (χ0n) is 18.5. The standard InChI is InChI=1S/C23H30F3N5.HI/c1-3-27-21(31-11-8-17(15-31)18-13-29-30(2)14-18)28-16-22(9-5-10-22)19-6-4-7-20(12-19)23(24,25)26;/h4,6-7,12-14,17H,3,5,8-11,15-16H2,1-2H3,(H,27,28);1H. The summed E-state index contributed by atoms with van der Waals surface area (Å²) in [5, 5.41) is 7.67. The first-order chi connectivity index (χ1) is 14.8. The summed E-state index contributed by atoms with van der Waals surface area (Å²) in [5.74, 6) is 1.27. The molecule has 0 spiro atoms. The van der Waals surface area contributed by atoms with Gasteiger partial charge in [0.05, 0.1) is 18.3 Å². The second kappa shape index (κ2) is 10.0. The van der Waals surface area contributed by atoms with Gasteiger partial charge in [-0.2, -0.15) is 18.3 Å². The number of likely N-dealkylation sites (tertiary alicyclic amines) is 1. The fourth-order valence-electron chi connectivity index (χ4n) is 4.69. The van der Waals surface area contributed by atoms with Crippen LogP contribution in [0.15, 0.2) is 41.7 Å². The highest BCUT2D eigenvalue weighted by atomic mass is 127. The summed E-state index contributed by atoms with van der Waals surface area (Å²) < 4.78 is 41.5. The Hall–Kier alpha value is -1.78. The number of hydrogen-bond acceptors (Lipinski definition) is 2. The fourth-order valence-corrected chi connectivity index (χ4v) is 4.69. The van der Waals surface area contributed by atoms with Crippen LogP contribution in [0.3, 0.4) is 0 Å². The third-order valence-electron chi connectivity index (χ3n) is 6.66. The highest BCUT2D eigenvalue weighted by molar-refractivity contribution is 14.0. The zero-order valence-corrected chi connectivity index (χ0v) is 20.9. The van der Waals surface area contributed by atoms with Gasteiger partial charge in [0.25, 0.3) is 0 Å². The number of benzene rings is 1. The van der Waals surface area contributed by atoms with E-state index in [0.717, 1.165) is 62.9 Å². The van der Waals surface area contributed by atoms with Crippen LogP contribution < -0.4 is 5.32 Å². The van der Waals surface area contributed by atoms with Crippen molar-refractivity contribution in [3.8, 4) is 0 Å². The molecule has 1 saturated carbocycles. The lowest BCUT2D eigenvalue weighted by Gasteiger charge is -2.42. The maximum Gasteiger partial charge on any atom is 0.416 e. The van der Waals surface area contributed by atoms with Crippen molar-refractivity contribution in [3.63, 3.8) is 0 Å². The van der Waals surface area contributed by atoms with Gasteiger partial charge in [0.1, 0.15) is 0 Å². The van der Waals surface area contributed by atoms with Crippen molar-refractivity contribution >= 4 is 29.9 Å². The summed E-state index contributed by atoms with van der Waals surface area (Å²) in [6.45, 7) is 5.07. The van der Waals surface area contributed by atoms with Crippen LogP contribution in [0.2, 0.25) is 0 Å². The number of alkyl halides is 3. The molecule has 9 heteroatoms. The molecular weight excluding hydrogens is 530 g/mol. The number of halogens is 4. The SMILES string of the molecule is CCNC(=NCC1(c2cccc(C(F)(F)F)c2)CCC1)N1CCC(c2cnn(C)c2)C1.I. The molecule has 1 atom stereocenters.